The monoisotopic (exact) mass is 306 g/mol. The summed E-state index contributed by atoms with van der Waals surface area (Å²) in [6.07, 6.45) is 6.33. The highest BCUT2D eigenvalue weighted by atomic mass is 79.9. The van der Waals surface area contributed by atoms with Crippen LogP contribution < -0.4 is 5.32 Å². The predicted octanol–water partition coefficient (Wildman–Crippen LogP) is 3.30. The topological polar surface area (TPSA) is 50.7 Å². The summed E-state index contributed by atoms with van der Waals surface area (Å²) in [7, 11) is 0. The minimum Gasteiger partial charge on any atom is -0.369 e. The number of aryl methyl sites for hydroxylation is 1. The molecule has 2 aromatic rings. The summed E-state index contributed by atoms with van der Waals surface area (Å²) in [6, 6.07) is 1.96. The average Bonchev–Trinajstić information content (AvgIpc) is 2.41. The maximum absolute atomic E-state index is 4.54. The van der Waals surface area contributed by atoms with Gasteiger partial charge in [0, 0.05) is 30.7 Å². The molecule has 0 atom stereocenters. The van der Waals surface area contributed by atoms with Gasteiger partial charge in [-0.15, -0.1) is 0 Å². The van der Waals surface area contributed by atoms with Gasteiger partial charge in [-0.2, -0.15) is 0 Å². The maximum Gasteiger partial charge on any atom is 0.161 e. The molecule has 0 spiro atoms. The van der Waals surface area contributed by atoms with E-state index in [1.807, 2.05) is 19.2 Å². The molecule has 0 saturated carbocycles. The van der Waals surface area contributed by atoms with Gasteiger partial charge in [-0.05, 0) is 40.9 Å². The summed E-state index contributed by atoms with van der Waals surface area (Å²) in [4.78, 5) is 13.1. The second kappa shape index (κ2) is 5.91. The Hall–Kier alpha value is -1.49. The molecule has 0 amide bonds. The van der Waals surface area contributed by atoms with E-state index in [2.05, 4.69) is 43.1 Å². The van der Waals surface area contributed by atoms with E-state index >= 15 is 0 Å². The van der Waals surface area contributed by atoms with Crippen molar-refractivity contribution in [1.29, 1.82) is 0 Å². The average molecular weight is 307 g/mol. The van der Waals surface area contributed by atoms with Crippen molar-refractivity contribution in [3.8, 4) is 11.4 Å². The lowest BCUT2D eigenvalue weighted by Crippen LogP contribution is -2.03. The molecule has 0 bridgehead atoms. The Bertz CT molecular complexity index is 542. The van der Waals surface area contributed by atoms with E-state index in [1.54, 1.807) is 12.4 Å². The maximum atomic E-state index is 4.54. The minimum absolute atomic E-state index is 0.730. The molecule has 1 N–H and O–H groups in total. The molecule has 0 unspecified atom stereocenters. The van der Waals surface area contributed by atoms with E-state index in [0.717, 1.165) is 40.2 Å². The van der Waals surface area contributed by atoms with Crippen LogP contribution in [0.2, 0.25) is 0 Å². The Kier molecular flexibility index (Phi) is 4.25. The standard InChI is InChI=1S/C13H15BrN4/c1-3-9-7-15-6-5-10(9)12-17-8-11(14)13(18-12)16-4-2/h5-8H,3-4H2,1-2H3,(H,16,17,18). The number of nitrogens with zero attached hydrogens (tertiary/aromatic N) is 3. The van der Waals surface area contributed by atoms with Crippen LogP contribution in [0.15, 0.2) is 29.1 Å². The molecule has 0 aromatic carbocycles. The van der Waals surface area contributed by atoms with Gasteiger partial charge in [0.25, 0.3) is 0 Å². The van der Waals surface area contributed by atoms with Gasteiger partial charge in [0.2, 0.25) is 0 Å². The van der Waals surface area contributed by atoms with Crippen molar-refractivity contribution in [1.82, 2.24) is 15.0 Å². The molecule has 0 saturated heterocycles. The number of nitrogens with one attached hydrogen (secondary N) is 1. The molecular formula is C13H15BrN4. The van der Waals surface area contributed by atoms with E-state index in [1.165, 1.54) is 0 Å². The first-order valence-corrected chi connectivity index (χ1v) is 6.75. The Morgan fingerprint density at radius 3 is 2.83 bits per heavy atom. The summed E-state index contributed by atoms with van der Waals surface area (Å²) in [5.74, 6) is 1.55. The molecule has 2 heterocycles. The number of aromatic nitrogens is 3. The lowest BCUT2D eigenvalue weighted by molar-refractivity contribution is 1.07. The molecule has 0 aliphatic rings. The normalized spacial score (nSPS) is 10.4. The summed E-state index contributed by atoms with van der Waals surface area (Å²) in [5.41, 5.74) is 2.20. The van der Waals surface area contributed by atoms with Crippen molar-refractivity contribution < 1.29 is 0 Å². The summed E-state index contributed by atoms with van der Waals surface area (Å²) in [5, 5.41) is 3.21. The molecule has 2 rings (SSSR count). The molecule has 2 aromatic heterocycles. The van der Waals surface area contributed by atoms with Gasteiger partial charge in [-0.3, -0.25) is 4.98 Å². The minimum atomic E-state index is 0.730. The number of pyridine rings is 1. The first kappa shape index (κ1) is 13.0. The number of rotatable bonds is 4. The van der Waals surface area contributed by atoms with Gasteiger partial charge in [-0.25, -0.2) is 9.97 Å². The zero-order valence-corrected chi connectivity index (χ0v) is 12.0. The first-order chi connectivity index (χ1) is 8.76. The van der Waals surface area contributed by atoms with Crippen LogP contribution in [0.5, 0.6) is 0 Å². The zero-order chi connectivity index (χ0) is 13.0. The number of hydrogen-bond acceptors (Lipinski definition) is 4. The van der Waals surface area contributed by atoms with E-state index < -0.39 is 0 Å². The van der Waals surface area contributed by atoms with Crippen molar-refractivity contribution in [3.05, 3.63) is 34.7 Å². The highest BCUT2D eigenvalue weighted by Gasteiger charge is 2.09. The largest absolute Gasteiger partial charge is 0.369 e. The van der Waals surface area contributed by atoms with E-state index in [4.69, 9.17) is 0 Å². The fourth-order valence-electron chi connectivity index (χ4n) is 1.72. The highest BCUT2D eigenvalue weighted by Crippen LogP contribution is 2.25. The lowest BCUT2D eigenvalue weighted by atomic mass is 10.1. The second-order valence-corrected chi connectivity index (χ2v) is 4.66. The lowest BCUT2D eigenvalue weighted by Gasteiger charge is -2.09. The third kappa shape index (κ3) is 2.67. The van der Waals surface area contributed by atoms with Crippen LogP contribution >= 0.6 is 15.9 Å². The molecule has 0 aliphatic carbocycles. The fraction of sp³-hybridized carbons (Fsp3) is 0.308. The summed E-state index contributed by atoms with van der Waals surface area (Å²) >= 11 is 3.44. The van der Waals surface area contributed by atoms with Crippen LogP contribution in [0, 0.1) is 0 Å². The molecule has 0 fully saturated rings. The van der Waals surface area contributed by atoms with Gasteiger partial charge in [-0.1, -0.05) is 6.92 Å². The predicted molar refractivity (Wildman–Crippen MR) is 76.5 cm³/mol. The SMILES string of the molecule is CCNc1nc(-c2ccncc2CC)ncc1Br. The van der Waals surface area contributed by atoms with E-state index in [9.17, 15) is 0 Å². The van der Waals surface area contributed by atoms with Gasteiger partial charge in [0.05, 0.1) is 4.47 Å². The molecule has 0 radical (unpaired) electrons. The molecule has 94 valence electrons. The van der Waals surface area contributed by atoms with Crippen LogP contribution in [0.25, 0.3) is 11.4 Å². The molecule has 4 nitrogen and oxygen atoms in total. The van der Waals surface area contributed by atoms with Crippen molar-refractivity contribution in [2.45, 2.75) is 20.3 Å². The van der Waals surface area contributed by atoms with Crippen molar-refractivity contribution in [3.63, 3.8) is 0 Å². The molecule has 18 heavy (non-hydrogen) atoms. The van der Waals surface area contributed by atoms with Gasteiger partial charge < -0.3 is 5.32 Å². The second-order valence-electron chi connectivity index (χ2n) is 3.81. The third-order valence-corrected chi connectivity index (χ3v) is 3.19. The Morgan fingerprint density at radius 2 is 2.11 bits per heavy atom. The highest BCUT2D eigenvalue weighted by molar-refractivity contribution is 9.10. The summed E-state index contributed by atoms with van der Waals surface area (Å²) < 4.78 is 0.875. The Morgan fingerprint density at radius 1 is 1.28 bits per heavy atom. The number of halogens is 1. The van der Waals surface area contributed by atoms with Crippen molar-refractivity contribution in [2.24, 2.45) is 0 Å². The van der Waals surface area contributed by atoms with Crippen molar-refractivity contribution in [2.75, 3.05) is 11.9 Å². The molecule has 5 heteroatoms. The van der Waals surface area contributed by atoms with E-state index in [0.29, 0.717) is 0 Å². The van der Waals surface area contributed by atoms with Crippen LogP contribution in [0.1, 0.15) is 19.4 Å². The van der Waals surface area contributed by atoms with Crippen LogP contribution in [0.3, 0.4) is 0 Å². The van der Waals surface area contributed by atoms with Crippen LogP contribution in [0.4, 0.5) is 5.82 Å². The van der Waals surface area contributed by atoms with Gasteiger partial charge >= 0.3 is 0 Å². The number of anilines is 1. The van der Waals surface area contributed by atoms with Crippen molar-refractivity contribution >= 4 is 21.7 Å². The smallest absolute Gasteiger partial charge is 0.161 e. The fourth-order valence-corrected chi connectivity index (χ4v) is 2.05. The van der Waals surface area contributed by atoms with Crippen LogP contribution in [-0.4, -0.2) is 21.5 Å². The first-order valence-electron chi connectivity index (χ1n) is 5.96. The quantitative estimate of drug-likeness (QED) is 0.941. The van der Waals surface area contributed by atoms with Crippen LogP contribution in [-0.2, 0) is 6.42 Å². The molecule has 0 aliphatic heterocycles. The molecular weight excluding hydrogens is 292 g/mol. The summed E-state index contributed by atoms with van der Waals surface area (Å²) in [6.45, 7) is 4.97. The Labute approximate surface area is 115 Å². The van der Waals surface area contributed by atoms with Gasteiger partial charge in [0.15, 0.2) is 5.82 Å². The Balaban J connectivity index is 2.47. The van der Waals surface area contributed by atoms with Gasteiger partial charge in [0.1, 0.15) is 5.82 Å². The number of hydrogen-bond donors (Lipinski definition) is 1. The third-order valence-electron chi connectivity index (χ3n) is 2.61. The zero-order valence-electron chi connectivity index (χ0n) is 10.4. The van der Waals surface area contributed by atoms with E-state index in [-0.39, 0.29) is 0 Å².